The van der Waals surface area contributed by atoms with Gasteiger partial charge in [-0.15, -0.1) is 0 Å². The Bertz CT molecular complexity index is 603. The van der Waals surface area contributed by atoms with Gasteiger partial charge < -0.3 is 14.8 Å². The molecule has 1 aliphatic rings. The van der Waals surface area contributed by atoms with Gasteiger partial charge in [-0.3, -0.25) is 4.72 Å². The summed E-state index contributed by atoms with van der Waals surface area (Å²) < 4.78 is 38.8. The van der Waals surface area contributed by atoms with E-state index in [2.05, 4.69) is 10.0 Å². The third-order valence-corrected chi connectivity index (χ3v) is 4.96. The molecule has 1 fully saturated rings. The topological polar surface area (TPSA) is 79.9 Å². The second-order valence-corrected chi connectivity index (χ2v) is 6.52. The molecule has 9 heteroatoms. The van der Waals surface area contributed by atoms with Crippen molar-refractivity contribution >= 4 is 27.5 Å². The number of ether oxygens (including phenoxy) is 2. The number of halogens is 1. The average molecular weight is 336 g/mol. The van der Waals surface area contributed by atoms with Gasteiger partial charge in [-0.1, -0.05) is 11.6 Å². The van der Waals surface area contributed by atoms with Crippen molar-refractivity contribution in [3.63, 3.8) is 0 Å². The highest BCUT2D eigenvalue weighted by molar-refractivity contribution is 7.90. The fourth-order valence-electron chi connectivity index (χ4n) is 2.02. The molecule has 1 heterocycles. The van der Waals surface area contributed by atoms with E-state index in [9.17, 15) is 8.42 Å². The van der Waals surface area contributed by atoms with Gasteiger partial charge in [-0.2, -0.15) is 12.7 Å². The molecular formula is C12H18ClN3O4S. The zero-order valence-corrected chi connectivity index (χ0v) is 13.4. The number of hydrogen-bond acceptors (Lipinski definition) is 5. The van der Waals surface area contributed by atoms with Crippen LogP contribution < -0.4 is 19.5 Å². The number of hydrogen-bond donors (Lipinski definition) is 2. The van der Waals surface area contributed by atoms with Gasteiger partial charge in [0.15, 0.2) is 11.5 Å². The Morgan fingerprint density at radius 3 is 2.33 bits per heavy atom. The van der Waals surface area contributed by atoms with Gasteiger partial charge in [-0.05, 0) is 0 Å². The van der Waals surface area contributed by atoms with E-state index in [1.54, 1.807) is 0 Å². The summed E-state index contributed by atoms with van der Waals surface area (Å²) >= 11 is 6.09. The van der Waals surface area contributed by atoms with E-state index in [0.717, 1.165) is 0 Å². The van der Waals surface area contributed by atoms with Crippen LogP contribution >= 0.6 is 11.6 Å². The van der Waals surface area contributed by atoms with Crippen LogP contribution in [0.2, 0.25) is 5.02 Å². The van der Waals surface area contributed by atoms with E-state index in [1.165, 1.54) is 30.7 Å². The largest absolute Gasteiger partial charge is 0.493 e. The molecule has 0 amide bonds. The van der Waals surface area contributed by atoms with Crippen LogP contribution in [0.1, 0.15) is 0 Å². The van der Waals surface area contributed by atoms with Crippen LogP contribution in [0.5, 0.6) is 11.5 Å². The minimum absolute atomic E-state index is 0.242. The van der Waals surface area contributed by atoms with Crippen LogP contribution in [0, 0.1) is 0 Å². The normalized spacial score (nSPS) is 16.5. The zero-order valence-electron chi connectivity index (χ0n) is 11.8. The molecular weight excluding hydrogens is 318 g/mol. The SMILES string of the molecule is COc1cc(Cl)c(NS(=O)(=O)N2CCNCC2)cc1OC. The Hall–Kier alpha value is -1.22. The number of benzene rings is 1. The van der Waals surface area contributed by atoms with Gasteiger partial charge in [-0.25, -0.2) is 0 Å². The summed E-state index contributed by atoms with van der Waals surface area (Å²) in [6, 6.07) is 3.01. The molecule has 7 nitrogen and oxygen atoms in total. The van der Waals surface area contributed by atoms with Crippen molar-refractivity contribution in [3.05, 3.63) is 17.2 Å². The highest BCUT2D eigenvalue weighted by Gasteiger charge is 2.25. The van der Waals surface area contributed by atoms with E-state index in [-0.39, 0.29) is 10.7 Å². The summed E-state index contributed by atoms with van der Waals surface area (Å²) in [4.78, 5) is 0. The first-order chi connectivity index (χ1) is 9.97. The first-order valence-electron chi connectivity index (χ1n) is 6.38. The number of methoxy groups -OCH3 is 2. The van der Waals surface area contributed by atoms with Crippen LogP contribution in [-0.2, 0) is 10.2 Å². The van der Waals surface area contributed by atoms with Crippen molar-refractivity contribution < 1.29 is 17.9 Å². The number of anilines is 1. The third-order valence-electron chi connectivity index (χ3n) is 3.13. The Balaban J connectivity index is 2.26. The van der Waals surface area contributed by atoms with Crippen molar-refractivity contribution in [1.29, 1.82) is 0 Å². The van der Waals surface area contributed by atoms with Crippen LogP contribution in [0.25, 0.3) is 0 Å². The lowest BCUT2D eigenvalue weighted by molar-refractivity contribution is 0.355. The molecule has 0 unspecified atom stereocenters. The molecule has 0 bridgehead atoms. The molecule has 0 atom stereocenters. The Morgan fingerprint density at radius 2 is 1.76 bits per heavy atom. The molecule has 1 aliphatic heterocycles. The third kappa shape index (κ3) is 3.70. The number of nitrogens with zero attached hydrogens (tertiary/aromatic N) is 1. The second kappa shape index (κ2) is 6.69. The highest BCUT2D eigenvalue weighted by Crippen LogP contribution is 2.36. The van der Waals surface area contributed by atoms with E-state index in [0.29, 0.717) is 37.7 Å². The minimum atomic E-state index is -3.64. The van der Waals surface area contributed by atoms with Gasteiger partial charge in [0.25, 0.3) is 0 Å². The molecule has 118 valence electrons. The molecule has 2 rings (SSSR count). The van der Waals surface area contributed by atoms with E-state index in [4.69, 9.17) is 21.1 Å². The quantitative estimate of drug-likeness (QED) is 0.836. The molecule has 2 N–H and O–H groups in total. The summed E-state index contributed by atoms with van der Waals surface area (Å²) in [7, 11) is -0.683. The van der Waals surface area contributed by atoms with Crippen LogP contribution in [0.15, 0.2) is 12.1 Å². The zero-order chi connectivity index (χ0) is 15.5. The maximum Gasteiger partial charge on any atom is 0.301 e. The van der Waals surface area contributed by atoms with Crippen molar-refractivity contribution in [3.8, 4) is 11.5 Å². The summed E-state index contributed by atoms with van der Waals surface area (Å²) in [6.45, 7) is 2.08. The molecule has 0 radical (unpaired) electrons. The fraction of sp³-hybridized carbons (Fsp3) is 0.500. The van der Waals surface area contributed by atoms with Gasteiger partial charge in [0.2, 0.25) is 0 Å². The molecule has 1 saturated heterocycles. The Kier molecular flexibility index (Phi) is 5.15. The highest BCUT2D eigenvalue weighted by atomic mass is 35.5. The number of piperazine rings is 1. The van der Waals surface area contributed by atoms with Crippen LogP contribution in [-0.4, -0.2) is 53.1 Å². The first-order valence-corrected chi connectivity index (χ1v) is 8.20. The summed E-state index contributed by atoms with van der Waals surface area (Å²) in [5.41, 5.74) is 0.257. The van der Waals surface area contributed by atoms with Crippen LogP contribution in [0.4, 0.5) is 5.69 Å². The van der Waals surface area contributed by atoms with Gasteiger partial charge in [0.05, 0.1) is 24.9 Å². The molecule has 21 heavy (non-hydrogen) atoms. The van der Waals surface area contributed by atoms with Crippen molar-refractivity contribution in [2.45, 2.75) is 0 Å². The maximum absolute atomic E-state index is 12.3. The van der Waals surface area contributed by atoms with Crippen molar-refractivity contribution in [1.82, 2.24) is 9.62 Å². The van der Waals surface area contributed by atoms with E-state index < -0.39 is 10.2 Å². The van der Waals surface area contributed by atoms with Crippen molar-refractivity contribution in [2.24, 2.45) is 0 Å². The lowest BCUT2D eigenvalue weighted by Gasteiger charge is -2.27. The van der Waals surface area contributed by atoms with Gasteiger partial charge in [0.1, 0.15) is 0 Å². The summed E-state index contributed by atoms with van der Waals surface area (Å²) in [5.74, 6) is 0.840. The predicted molar refractivity (Wildman–Crippen MR) is 81.5 cm³/mol. The van der Waals surface area contributed by atoms with E-state index in [1.807, 2.05) is 0 Å². The second-order valence-electron chi connectivity index (χ2n) is 4.44. The molecule has 0 spiro atoms. The van der Waals surface area contributed by atoms with Gasteiger partial charge >= 0.3 is 10.2 Å². The molecule has 1 aromatic rings. The van der Waals surface area contributed by atoms with Crippen LogP contribution in [0.3, 0.4) is 0 Å². The van der Waals surface area contributed by atoms with Gasteiger partial charge in [0, 0.05) is 38.3 Å². The number of nitrogens with one attached hydrogen (secondary N) is 2. The summed E-state index contributed by atoms with van der Waals surface area (Å²) in [5, 5.41) is 3.34. The molecule has 0 aliphatic carbocycles. The van der Waals surface area contributed by atoms with E-state index >= 15 is 0 Å². The lowest BCUT2D eigenvalue weighted by atomic mass is 10.3. The average Bonchev–Trinajstić information content (AvgIpc) is 2.49. The minimum Gasteiger partial charge on any atom is -0.493 e. The molecule has 0 saturated carbocycles. The smallest absolute Gasteiger partial charge is 0.301 e. The van der Waals surface area contributed by atoms with Crippen molar-refractivity contribution in [2.75, 3.05) is 45.1 Å². The number of rotatable bonds is 5. The Morgan fingerprint density at radius 1 is 1.19 bits per heavy atom. The fourth-order valence-corrected chi connectivity index (χ4v) is 3.52. The lowest BCUT2D eigenvalue weighted by Crippen LogP contribution is -2.48. The monoisotopic (exact) mass is 335 g/mol. The Labute approximate surface area is 129 Å². The maximum atomic E-state index is 12.3. The summed E-state index contributed by atoms with van der Waals surface area (Å²) in [6.07, 6.45) is 0. The molecule has 0 aromatic heterocycles. The predicted octanol–water partition coefficient (Wildman–Crippen LogP) is 0.919. The first kappa shape index (κ1) is 16.2. The molecule has 1 aromatic carbocycles. The standard InChI is InChI=1S/C12H18ClN3O4S/c1-19-11-7-9(13)10(8-12(11)20-2)15-21(17,18)16-5-3-14-4-6-16/h7-8,14-15H,3-6H2,1-2H3.